The van der Waals surface area contributed by atoms with Gasteiger partial charge < -0.3 is 10.1 Å². The summed E-state index contributed by atoms with van der Waals surface area (Å²) in [6, 6.07) is 0.707. The molecule has 1 saturated carbocycles. The topological polar surface area (TPSA) is 67.4 Å². The van der Waals surface area contributed by atoms with Crippen LogP contribution in [-0.4, -0.2) is 46.5 Å². The molecular formula is C12H26N2O3S. The molecule has 0 aromatic carbocycles. The third-order valence-corrected chi connectivity index (χ3v) is 4.31. The Kier molecular flexibility index (Phi) is 7.81. The van der Waals surface area contributed by atoms with Crippen molar-refractivity contribution in [3.05, 3.63) is 0 Å². The third-order valence-electron chi connectivity index (χ3n) is 2.84. The maximum absolute atomic E-state index is 11.6. The van der Waals surface area contributed by atoms with E-state index in [9.17, 15) is 8.42 Å². The maximum atomic E-state index is 11.6. The molecule has 1 fully saturated rings. The van der Waals surface area contributed by atoms with Crippen LogP contribution in [-0.2, 0) is 14.8 Å². The Morgan fingerprint density at radius 3 is 2.61 bits per heavy atom. The van der Waals surface area contributed by atoms with Crippen LogP contribution in [0.5, 0.6) is 0 Å². The summed E-state index contributed by atoms with van der Waals surface area (Å²) >= 11 is 0. The fourth-order valence-electron chi connectivity index (χ4n) is 1.63. The summed E-state index contributed by atoms with van der Waals surface area (Å²) in [5, 5.41) is 3.38. The quantitative estimate of drug-likeness (QED) is 0.520. The Morgan fingerprint density at radius 1 is 1.17 bits per heavy atom. The molecule has 0 spiro atoms. The molecule has 18 heavy (non-hydrogen) atoms. The van der Waals surface area contributed by atoms with Gasteiger partial charge in [0.25, 0.3) is 0 Å². The van der Waals surface area contributed by atoms with E-state index in [2.05, 4.69) is 10.0 Å². The Labute approximate surface area is 111 Å². The highest BCUT2D eigenvalue weighted by Gasteiger charge is 2.19. The van der Waals surface area contributed by atoms with Crippen LogP contribution in [0.2, 0.25) is 0 Å². The van der Waals surface area contributed by atoms with Crippen LogP contribution in [0.4, 0.5) is 0 Å². The second-order valence-corrected chi connectivity index (χ2v) is 6.63. The van der Waals surface area contributed by atoms with E-state index in [1.807, 2.05) is 6.92 Å². The zero-order valence-electron chi connectivity index (χ0n) is 11.3. The number of hydrogen-bond acceptors (Lipinski definition) is 4. The van der Waals surface area contributed by atoms with Gasteiger partial charge in [0.15, 0.2) is 0 Å². The molecule has 0 aromatic heterocycles. The van der Waals surface area contributed by atoms with E-state index < -0.39 is 10.0 Å². The van der Waals surface area contributed by atoms with Crippen LogP contribution in [0.1, 0.15) is 39.0 Å². The lowest BCUT2D eigenvalue weighted by Crippen LogP contribution is -2.28. The lowest BCUT2D eigenvalue weighted by molar-refractivity contribution is 0.146. The molecule has 0 atom stereocenters. The van der Waals surface area contributed by atoms with E-state index in [4.69, 9.17) is 4.74 Å². The predicted octanol–water partition coefficient (Wildman–Crippen LogP) is 0.865. The molecule has 1 aliphatic rings. The van der Waals surface area contributed by atoms with Gasteiger partial charge >= 0.3 is 0 Å². The molecule has 0 bridgehead atoms. The molecule has 0 amide bonds. The van der Waals surface area contributed by atoms with Gasteiger partial charge in [0.05, 0.1) is 5.75 Å². The second-order valence-electron chi connectivity index (χ2n) is 4.70. The smallest absolute Gasteiger partial charge is 0.211 e. The molecule has 5 nitrogen and oxygen atoms in total. The van der Waals surface area contributed by atoms with E-state index in [0.717, 1.165) is 25.8 Å². The van der Waals surface area contributed by atoms with Crippen LogP contribution in [0.3, 0.4) is 0 Å². The fourth-order valence-corrected chi connectivity index (χ4v) is 2.81. The van der Waals surface area contributed by atoms with Crippen molar-refractivity contribution in [2.24, 2.45) is 0 Å². The highest BCUT2D eigenvalue weighted by molar-refractivity contribution is 7.89. The predicted molar refractivity (Wildman–Crippen MR) is 73.2 cm³/mol. The van der Waals surface area contributed by atoms with E-state index in [-0.39, 0.29) is 5.75 Å². The van der Waals surface area contributed by atoms with Crippen LogP contribution >= 0.6 is 0 Å². The third kappa shape index (κ3) is 8.85. The van der Waals surface area contributed by atoms with Gasteiger partial charge in [-0.05, 0) is 45.6 Å². The van der Waals surface area contributed by atoms with Crippen molar-refractivity contribution in [1.29, 1.82) is 0 Å². The minimum absolute atomic E-state index is 0.230. The van der Waals surface area contributed by atoms with E-state index in [0.29, 0.717) is 25.8 Å². The molecule has 2 N–H and O–H groups in total. The summed E-state index contributed by atoms with van der Waals surface area (Å²) in [4.78, 5) is 0. The van der Waals surface area contributed by atoms with Crippen molar-refractivity contribution in [3.8, 4) is 0 Å². The van der Waals surface area contributed by atoms with Gasteiger partial charge in [-0.3, -0.25) is 0 Å². The number of sulfonamides is 1. The van der Waals surface area contributed by atoms with Gasteiger partial charge in [0.2, 0.25) is 10.0 Å². The van der Waals surface area contributed by atoms with Gasteiger partial charge in [-0.2, -0.15) is 0 Å². The standard InChI is InChI=1S/C12H26N2O3S/c1-2-17-10-5-9-14-18(15,16)11-4-3-8-13-12-6-7-12/h12-14H,2-11H2,1H3. The van der Waals surface area contributed by atoms with Gasteiger partial charge in [-0.1, -0.05) is 0 Å². The molecule has 1 aliphatic carbocycles. The number of hydrogen-bond donors (Lipinski definition) is 2. The average molecular weight is 278 g/mol. The summed E-state index contributed by atoms with van der Waals surface area (Å²) in [6.07, 6.45) is 4.94. The average Bonchev–Trinajstić information content (AvgIpc) is 3.12. The van der Waals surface area contributed by atoms with Gasteiger partial charge in [0, 0.05) is 25.8 Å². The molecule has 0 unspecified atom stereocenters. The zero-order valence-corrected chi connectivity index (χ0v) is 12.1. The first-order chi connectivity index (χ1) is 8.64. The number of ether oxygens (including phenoxy) is 1. The van der Waals surface area contributed by atoms with Gasteiger partial charge in [0.1, 0.15) is 0 Å². The molecular weight excluding hydrogens is 252 g/mol. The minimum Gasteiger partial charge on any atom is -0.382 e. The van der Waals surface area contributed by atoms with Crippen molar-refractivity contribution in [1.82, 2.24) is 10.0 Å². The van der Waals surface area contributed by atoms with Crippen molar-refractivity contribution in [2.75, 3.05) is 32.1 Å². The lowest BCUT2D eigenvalue weighted by atomic mass is 10.3. The molecule has 0 aliphatic heterocycles. The van der Waals surface area contributed by atoms with Crippen molar-refractivity contribution in [3.63, 3.8) is 0 Å². The summed E-state index contributed by atoms with van der Waals surface area (Å²) in [7, 11) is -3.09. The van der Waals surface area contributed by atoms with Crippen molar-refractivity contribution >= 4 is 10.0 Å². The largest absolute Gasteiger partial charge is 0.382 e. The van der Waals surface area contributed by atoms with Crippen LogP contribution in [0, 0.1) is 0 Å². The van der Waals surface area contributed by atoms with E-state index >= 15 is 0 Å². The molecule has 0 radical (unpaired) electrons. The summed E-state index contributed by atoms with van der Waals surface area (Å²) in [5.41, 5.74) is 0. The fraction of sp³-hybridized carbons (Fsp3) is 1.00. The van der Waals surface area contributed by atoms with Crippen molar-refractivity contribution in [2.45, 2.75) is 45.1 Å². The Hall–Kier alpha value is -0.170. The van der Waals surface area contributed by atoms with Gasteiger partial charge in [-0.25, -0.2) is 13.1 Å². The first kappa shape index (κ1) is 15.9. The lowest BCUT2D eigenvalue weighted by Gasteiger charge is -2.07. The highest BCUT2D eigenvalue weighted by atomic mass is 32.2. The Balaban J connectivity index is 1.92. The molecule has 6 heteroatoms. The summed E-state index contributed by atoms with van der Waals surface area (Å²) < 4.78 is 30.9. The number of nitrogens with one attached hydrogen (secondary N) is 2. The van der Waals surface area contributed by atoms with Crippen LogP contribution in [0.15, 0.2) is 0 Å². The molecule has 0 heterocycles. The first-order valence-electron chi connectivity index (χ1n) is 6.92. The maximum Gasteiger partial charge on any atom is 0.211 e. The Bertz CT molecular complexity index is 302. The molecule has 108 valence electrons. The normalized spacial score (nSPS) is 16.1. The number of rotatable bonds is 12. The SMILES string of the molecule is CCOCCCNS(=O)(=O)CCCCNC1CC1. The summed E-state index contributed by atoms with van der Waals surface area (Å²) in [6.45, 7) is 4.64. The summed E-state index contributed by atoms with van der Waals surface area (Å²) in [5.74, 6) is 0.230. The van der Waals surface area contributed by atoms with Crippen LogP contribution in [0.25, 0.3) is 0 Å². The number of unbranched alkanes of at least 4 members (excludes halogenated alkanes) is 1. The Morgan fingerprint density at radius 2 is 1.94 bits per heavy atom. The van der Waals surface area contributed by atoms with Gasteiger partial charge in [-0.15, -0.1) is 0 Å². The minimum atomic E-state index is -3.09. The molecule has 0 aromatic rings. The van der Waals surface area contributed by atoms with E-state index in [1.165, 1.54) is 12.8 Å². The second kappa shape index (κ2) is 8.85. The van der Waals surface area contributed by atoms with Crippen molar-refractivity contribution < 1.29 is 13.2 Å². The van der Waals surface area contributed by atoms with E-state index in [1.54, 1.807) is 0 Å². The monoisotopic (exact) mass is 278 g/mol. The molecule has 0 saturated heterocycles. The highest BCUT2D eigenvalue weighted by Crippen LogP contribution is 2.18. The zero-order chi connectivity index (χ0) is 13.3. The molecule has 1 rings (SSSR count). The first-order valence-corrected chi connectivity index (χ1v) is 8.58. The van der Waals surface area contributed by atoms with Crippen LogP contribution < -0.4 is 10.0 Å².